The van der Waals surface area contributed by atoms with E-state index in [9.17, 15) is 0 Å². The van der Waals surface area contributed by atoms with Crippen molar-refractivity contribution < 1.29 is 0 Å². The molecule has 0 radical (unpaired) electrons. The summed E-state index contributed by atoms with van der Waals surface area (Å²) in [6.07, 6.45) is 5.50. The molecule has 1 fully saturated rings. The van der Waals surface area contributed by atoms with Crippen molar-refractivity contribution in [3.8, 4) is 0 Å². The second-order valence-electron chi connectivity index (χ2n) is 5.83. The highest BCUT2D eigenvalue weighted by atomic mass is 15.2. The molecule has 15 heavy (non-hydrogen) atoms. The van der Waals surface area contributed by atoms with Crippen molar-refractivity contribution in [3.05, 3.63) is 0 Å². The molecule has 4 unspecified atom stereocenters. The molecule has 1 aliphatic carbocycles. The van der Waals surface area contributed by atoms with Gasteiger partial charge >= 0.3 is 0 Å². The Morgan fingerprint density at radius 2 is 1.87 bits per heavy atom. The fourth-order valence-corrected chi connectivity index (χ4v) is 2.94. The first kappa shape index (κ1) is 13.0. The van der Waals surface area contributed by atoms with Crippen molar-refractivity contribution in [1.82, 2.24) is 5.43 Å². The first-order chi connectivity index (χ1) is 7.06. The van der Waals surface area contributed by atoms with Crippen LogP contribution in [0, 0.1) is 23.7 Å². The SMILES string of the molecule is CC1CCCC(C(NN)C(C)C(C)C)C1. The Kier molecular flexibility index (Phi) is 5.07. The number of hydrogen-bond donors (Lipinski definition) is 2. The average molecular weight is 212 g/mol. The maximum absolute atomic E-state index is 5.74. The topological polar surface area (TPSA) is 38.0 Å². The third-order valence-corrected chi connectivity index (χ3v) is 4.30. The lowest BCUT2D eigenvalue weighted by Gasteiger charge is -2.37. The van der Waals surface area contributed by atoms with Gasteiger partial charge in [-0.3, -0.25) is 11.3 Å². The van der Waals surface area contributed by atoms with E-state index in [0.29, 0.717) is 17.9 Å². The van der Waals surface area contributed by atoms with Gasteiger partial charge in [0.1, 0.15) is 0 Å². The molecule has 0 heterocycles. The monoisotopic (exact) mass is 212 g/mol. The Labute approximate surface area is 95.0 Å². The summed E-state index contributed by atoms with van der Waals surface area (Å²) in [5.74, 6) is 8.80. The fourth-order valence-electron chi connectivity index (χ4n) is 2.94. The van der Waals surface area contributed by atoms with Crippen LogP contribution in [-0.2, 0) is 0 Å². The van der Waals surface area contributed by atoms with Crippen molar-refractivity contribution in [2.45, 2.75) is 59.4 Å². The zero-order chi connectivity index (χ0) is 11.4. The molecule has 0 aromatic heterocycles. The van der Waals surface area contributed by atoms with Crippen molar-refractivity contribution in [2.75, 3.05) is 0 Å². The predicted molar refractivity (Wildman–Crippen MR) is 66.2 cm³/mol. The molecular formula is C13H28N2. The highest BCUT2D eigenvalue weighted by Gasteiger charge is 2.30. The van der Waals surface area contributed by atoms with Crippen LogP contribution in [0.25, 0.3) is 0 Å². The number of rotatable bonds is 4. The van der Waals surface area contributed by atoms with E-state index in [-0.39, 0.29) is 0 Å². The minimum atomic E-state index is 0.507. The zero-order valence-electron chi connectivity index (χ0n) is 10.8. The van der Waals surface area contributed by atoms with Crippen molar-refractivity contribution in [1.29, 1.82) is 0 Å². The average Bonchev–Trinajstić information content (AvgIpc) is 2.18. The lowest BCUT2D eigenvalue weighted by Crippen LogP contribution is -2.47. The number of nitrogens with two attached hydrogens (primary N) is 1. The van der Waals surface area contributed by atoms with E-state index >= 15 is 0 Å². The molecule has 0 aliphatic heterocycles. The Bertz CT molecular complexity index is 179. The van der Waals surface area contributed by atoms with Crippen molar-refractivity contribution in [3.63, 3.8) is 0 Å². The Morgan fingerprint density at radius 3 is 2.33 bits per heavy atom. The molecule has 0 amide bonds. The summed E-state index contributed by atoms with van der Waals surface area (Å²) in [5.41, 5.74) is 3.07. The molecule has 1 rings (SSSR count). The molecule has 90 valence electrons. The van der Waals surface area contributed by atoms with Crippen LogP contribution < -0.4 is 11.3 Å². The molecule has 0 aromatic carbocycles. The lowest BCUT2D eigenvalue weighted by molar-refractivity contribution is 0.160. The van der Waals surface area contributed by atoms with Gasteiger partial charge in [0.25, 0.3) is 0 Å². The van der Waals surface area contributed by atoms with E-state index in [2.05, 4.69) is 33.1 Å². The molecule has 2 heteroatoms. The summed E-state index contributed by atoms with van der Waals surface area (Å²) in [6, 6.07) is 0.507. The van der Waals surface area contributed by atoms with Gasteiger partial charge in [0.2, 0.25) is 0 Å². The summed E-state index contributed by atoms with van der Waals surface area (Å²) in [6.45, 7) is 9.29. The summed E-state index contributed by atoms with van der Waals surface area (Å²) in [5, 5.41) is 0. The maximum atomic E-state index is 5.74. The first-order valence-corrected chi connectivity index (χ1v) is 6.52. The van der Waals surface area contributed by atoms with E-state index in [4.69, 9.17) is 5.84 Å². The van der Waals surface area contributed by atoms with Gasteiger partial charge in [0, 0.05) is 6.04 Å². The molecule has 0 spiro atoms. The second kappa shape index (κ2) is 5.86. The van der Waals surface area contributed by atoms with Crippen LogP contribution in [0.5, 0.6) is 0 Å². The molecule has 1 aliphatic rings. The van der Waals surface area contributed by atoms with Crippen molar-refractivity contribution >= 4 is 0 Å². The minimum absolute atomic E-state index is 0.507. The molecule has 0 saturated heterocycles. The highest BCUT2D eigenvalue weighted by molar-refractivity contribution is 4.84. The second-order valence-corrected chi connectivity index (χ2v) is 5.83. The van der Waals surface area contributed by atoms with Gasteiger partial charge in [-0.2, -0.15) is 0 Å². The van der Waals surface area contributed by atoms with E-state index < -0.39 is 0 Å². The Balaban J connectivity index is 2.56. The van der Waals surface area contributed by atoms with Crippen LogP contribution in [0.15, 0.2) is 0 Å². The molecule has 0 aromatic rings. The van der Waals surface area contributed by atoms with Crippen LogP contribution in [0.3, 0.4) is 0 Å². The van der Waals surface area contributed by atoms with Crippen LogP contribution in [0.1, 0.15) is 53.4 Å². The quantitative estimate of drug-likeness (QED) is 0.555. The first-order valence-electron chi connectivity index (χ1n) is 6.52. The largest absolute Gasteiger partial charge is 0.271 e. The highest BCUT2D eigenvalue weighted by Crippen LogP contribution is 2.34. The zero-order valence-corrected chi connectivity index (χ0v) is 10.8. The number of nitrogens with one attached hydrogen (secondary N) is 1. The Morgan fingerprint density at radius 1 is 1.20 bits per heavy atom. The maximum Gasteiger partial charge on any atom is 0.0266 e. The minimum Gasteiger partial charge on any atom is -0.271 e. The Hall–Kier alpha value is -0.0800. The lowest BCUT2D eigenvalue weighted by atomic mass is 9.73. The third kappa shape index (κ3) is 3.46. The van der Waals surface area contributed by atoms with Gasteiger partial charge in [-0.1, -0.05) is 40.5 Å². The smallest absolute Gasteiger partial charge is 0.0266 e. The van der Waals surface area contributed by atoms with Gasteiger partial charge in [-0.05, 0) is 36.5 Å². The van der Waals surface area contributed by atoms with Crippen molar-refractivity contribution in [2.24, 2.45) is 29.5 Å². The van der Waals surface area contributed by atoms with Crippen LogP contribution >= 0.6 is 0 Å². The van der Waals surface area contributed by atoms with Gasteiger partial charge in [-0.25, -0.2) is 0 Å². The molecule has 2 nitrogen and oxygen atoms in total. The fraction of sp³-hybridized carbons (Fsp3) is 1.00. The molecule has 0 bridgehead atoms. The molecule has 4 atom stereocenters. The molecule has 1 saturated carbocycles. The van der Waals surface area contributed by atoms with Gasteiger partial charge in [-0.15, -0.1) is 0 Å². The molecular weight excluding hydrogens is 184 g/mol. The van der Waals surface area contributed by atoms with Crippen LogP contribution in [-0.4, -0.2) is 6.04 Å². The summed E-state index contributed by atoms with van der Waals surface area (Å²) in [4.78, 5) is 0. The van der Waals surface area contributed by atoms with E-state index in [1.807, 2.05) is 0 Å². The van der Waals surface area contributed by atoms with E-state index in [1.165, 1.54) is 25.7 Å². The van der Waals surface area contributed by atoms with Gasteiger partial charge in [0.15, 0.2) is 0 Å². The third-order valence-electron chi connectivity index (χ3n) is 4.30. The normalized spacial score (nSPS) is 31.6. The van der Waals surface area contributed by atoms with Crippen LogP contribution in [0.2, 0.25) is 0 Å². The summed E-state index contributed by atoms with van der Waals surface area (Å²) in [7, 11) is 0. The molecule has 3 N–H and O–H groups in total. The predicted octanol–water partition coefficient (Wildman–Crippen LogP) is 2.94. The van der Waals surface area contributed by atoms with Crippen LogP contribution in [0.4, 0.5) is 0 Å². The van der Waals surface area contributed by atoms with Gasteiger partial charge in [0.05, 0.1) is 0 Å². The summed E-state index contributed by atoms with van der Waals surface area (Å²) < 4.78 is 0. The summed E-state index contributed by atoms with van der Waals surface area (Å²) >= 11 is 0. The van der Waals surface area contributed by atoms with Gasteiger partial charge < -0.3 is 0 Å². The standard InChI is InChI=1S/C13H28N2/c1-9(2)11(4)13(15-14)12-7-5-6-10(3)8-12/h9-13,15H,5-8,14H2,1-4H3. The number of hydrazine groups is 1. The van der Waals surface area contributed by atoms with E-state index in [1.54, 1.807) is 0 Å². The van der Waals surface area contributed by atoms with E-state index in [0.717, 1.165) is 11.8 Å². The number of hydrogen-bond acceptors (Lipinski definition) is 2.